The van der Waals surface area contributed by atoms with E-state index in [0.717, 1.165) is 19.3 Å². The van der Waals surface area contributed by atoms with Gasteiger partial charge in [0.25, 0.3) is 0 Å². The van der Waals surface area contributed by atoms with Crippen molar-refractivity contribution in [1.82, 2.24) is 5.32 Å². The lowest BCUT2D eigenvalue weighted by atomic mass is 9.82. The van der Waals surface area contributed by atoms with Gasteiger partial charge in [0.15, 0.2) is 0 Å². The average molecular weight is 295 g/mol. The van der Waals surface area contributed by atoms with E-state index >= 15 is 0 Å². The van der Waals surface area contributed by atoms with Gasteiger partial charge in [0.2, 0.25) is 5.91 Å². The van der Waals surface area contributed by atoms with Crippen molar-refractivity contribution in [2.45, 2.75) is 39.2 Å². The third kappa shape index (κ3) is 3.84. The van der Waals surface area contributed by atoms with Gasteiger partial charge in [-0.25, -0.2) is 0 Å². The number of amides is 1. The quantitative estimate of drug-likeness (QED) is 0.529. The van der Waals surface area contributed by atoms with Gasteiger partial charge in [-0.3, -0.25) is 9.59 Å². The lowest BCUT2D eigenvalue weighted by molar-refractivity contribution is -0.147. The number of ether oxygens (including phenoxy) is 1. The van der Waals surface area contributed by atoms with Crippen LogP contribution in [0.25, 0.3) is 0 Å². The molecular formula is C16H25NO4. The van der Waals surface area contributed by atoms with Gasteiger partial charge in [-0.1, -0.05) is 12.2 Å². The van der Waals surface area contributed by atoms with Crippen molar-refractivity contribution in [3.8, 4) is 0 Å². The van der Waals surface area contributed by atoms with E-state index in [0.29, 0.717) is 13.2 Å². The number of aliphatic carboxylic acids is 1. The largest absolute Gasteiger partial charge is 0.481 e. The van der Waals surface area contributed by atoms with Crippen molar-refractivity contribution in [3.05, 3.63) is 12.2 Å². The van der Waals surface area contributed by atoms with Crippen molar-refractivity contribution in [2.75, 3.05) is 13.2 Å². The number of unbranched alkanes of at least 4 members (excludes halogenated alkanes) is 1. The van der Waals surface area contributed by atoms with Crippen LogP contribution < -0.4 is 5.32 Å². The zero-order valence-electron chi connectivity index (χ0n) is 12.7. The molecule has 5 nitrogen and oxygen atoms in total. The maximum atomic E-state index is 12.3. The van der Waals surface area contributed by atoms with Crippen LogP contribution in [0.15, 0.2) is 12.2 Å². The van der Waals surface area contributed by atoms with Crippen molar-refractivity contribution in [2.24, 2.45) is 23.7 Å². The predicted octanol–water partition coefficient (Wildman–Crippen LogP) is 1.83. The molecule has 1 fully saturated rings. The number of carbonyl (C=O) groups excluding carboxylic acids is 1. The first kappa shape index (κ1) is 16.0. The summed E-state index contributed by atoms with van der Waals surface area (Å²) in [6.45, 7) is 5.28. The maximum absolute atomic E-state index is 12.3. The van der Waals surface area contributed by atoms with Gasteiger partial charge < -0.3 is 15.2 Å². The van der Waals surface area contributed by atoms with Crippen LogP contribution in [0.2, 0.25) is 0 Å². The summed E-state index contributed by atoms with van der Waals surface area (Å²) in [5.41, 5.74) is 0. The summed E-state index contributed by atoms with van der Waals surface area (Å²) in [6, 6.07) is 0. The van der Waals surface area contributed by atoms with Gasteiger partial charge in [-0.05, 0) is 44.9 Å². The minimum atomic E-state index is -0.850. The number of hydrogen-bond acceptors (Lipinski definition) is 3. The molecule has 2 N–H and O–H groups in total. The number of nitrogens with one attached hydrogen (secondary N) is 1. The Kier molecular flexibility index (Phi) is 5.39. The van der Waals surface area contributed by atoms with E-state index in [9.17, 15) is 14.7 Å². The normalized spacial score (nSPS) is 30.0. The molecule has 21 heavy (non-hydrogen) atoms. The van der Waals surface area contributed by atoms with Gasteiger partial charge in [0, 0.05) is 13.2 Å². The first-order chi connectivity index (χ1) is 10.0. The molecule has 2 aliphatic rings. The van der Waals surface area contributed by atoms with E-state index in [2.05, 4.69) is 5.32 Å². The molecule has 0 heterocycles. The van der Waals surface area contributed by atoms with E-state index in [-0.39, 0.29) is 23.8 Å². The van der Waals surface area contributed by atoms with Crippen LogP contribution in [0.4, 0.5) is 0 Å². The Morgan fingerprint density at radius 3 is 2.52 bits per heavy atom. The molecular weight excluding hydrogens is 270 g/mol. The van der Waals surface area contributed by atoms with Gasteiger partial charge in [0.05, 0.1) is 17.9 Å². The van der Waals surface area contributed by atoms with E-state index in [1.54, 1.807) is 0 Å². The number of carboxylic acids is 1. The van der Waals surface area contributed by atoms with Crippen LogP contribution in [0.1, 0.15) is 33.1 Å². The fraction of sp³-hybridized carbons (Fsp3) is 0.750. The summed E-state index contributed by atoms with van der Waals surface area (Å²) in [5, 5.41) is 12.2. The highest BCUT2D eigenvalue weighted by molar-refractivity contribution is 5.86. The van der Waals surface area contributed by atoms with Gasteiger partial charge in [-0.15, -0.1) is 0 Å². The molecule has 2 bridgehead atoms. The second-order valence-corrected chi connectivity index (χ2v) is 6.26. The Bertz CT molecular complexity index is 419. The summed E-state index contributed by atoms with van der Waals surface area (Å²) in [6.07, 6.45) is 6.75. The van der Waals surface area contributed by atoms with E-state index < -0.39 is 17.8 Å². The van der Waals surface area contributed by atoms with E-state index in [4.69, 9.17) is 4.74 Å². The number of fused-ring (bicyclic) bond motifs is 2. The van der Waals surface area contributed by atoms with E-state index in [1.807, 2.05) is 26.0 Å². The zero-order chi connectivity index (χ0) is 15.4. The summed E-state index contributed by atoms with van der Waals surface area (Å²) >= 11 is 0. The molecule has 1 amide bonds. The molecule has 0 radical (unpaired) electrons. The summed E-state index contributed by atoms with van der Waals surface area (Å²) in [5.74, 6) is -1.78. The van der Waals surface area contributed by atoms with Crippen molar-refractivity contribution >= 4 is 11.9 Å². The average Bonchev–Trinajstić information content (AvgIpc) is 3.02. The predicted molar refractivity (Wildman–Crippen MR) is 78.7 cm³/mol. The van der Waals surface area contributed by atoms with Crippen LogP contribution in [-0.4, -0.2) is 36.2 Å². The van der Waals surface area contributed by atoms with Crippen LogP contribution in [0, 0.1) is 23.7 Å². The first-order valence-electron chi connectivity index (χ1n) is 7.81. The van der Waals surface area contributed by atoms with Crippen LogP contribution in [0.5, 0.6) is 0 Å². The Hall–Kier alpha value is -1.36. The van der Waals surface area contributed by atoms with Crippen LogP contribution in [-0.2, 0) is 14.3 Å². The lowest BCUT2D eigenvalue weighted by Crippen LogP contribution is -2.40. The van der Waals surface area contributed by atoms with Crippen LogP contribution in [0.3, 0.4) is 0 Å². The molecule has 0 spiro atoms. The highest BCUT2D eigenvalue weighted by Gasteiger charge is 2.51. The number of allylic oxidation sites excluding steroid dienone is 2. The lowest BCUT2D eigenvalue weighted by Gasteiger charge is -2.23. The topological polar surface area (TPSA) is 75.6 Å². The number of hydrogen-bond donors (Lipinski definition) is 2. The summed E-state index contributed by atoms with van der Waals surface area (Å²) < 4.78 is 5.44. The molecule has 0 aromatic rings. The molecule has 0 aromatic heterocycles. The molecule has 118 valence electrons. The van der Waals surface area contributed by atoms with Gasteiger partial charge in [0.1, 0.15) is 0 Å². The highest BCUT2D eigenvalue weighted by atomic mass is 16.5. The molecule has 1 saturated carbocycles. The van der Waals surface area contributed by atoms with Gasteiger partial charge >= 0.3 is 5.97 Å². The van der Waals surface area contributed by atoms with Crippen molar-refractivity contribution < 1.29 is 19.4 Å². The Labute approximate surface area is 125 Å². The molecule has 0 aliphatic heterocycles. The first-order valence-corrected chi connectivity index (χ1v) is 7.81. The Morgan fingerprint density at radius 2 is 1.90 bits per heavy atom. The number of rotatable bonds is 8. The molecule has 4 atom stereocenters. The van der Waals surface area contributed by atoms with Crippen LogP contribution >= 0.6 is 0 Å². The summed E-state index contributed by atoms with van der Waals surface area (Å²) in [4.78, 5) is 23.6. The monoisotopic (exact) mass is 295 g/mol. The van der Waals surface area contributed by atoms with E-state index in [1.165, 1.54) is 0 Å². The standard InChI is InChI=1S/C16H25NO4/c1-10(2)21-8-4-3-7-17-15(18)13-11-5-6-12(9-11)14(13)16(19)20/h5-6,10-14H,3-4,7-9H2,1-2H3,(H,17,18)(H,19,20). The molecule has 0 saturated heterocycles. The number of carbonyl (C=O) groups is 2. The molecule has 2 rings (SSSR count). The Morgan fingerprint density at radius 1 is 1.24 bits per heavy atom. The zero-order valence-corrected chi connectivity index (χ0v) is 12.7. The third-order valence-corrected chi connectivity index (χ3v) is 4.37. The minimum Gasteiger partial charge on any atom is -0.481 e. The molecule has 0 aromatic carbocycles. The van der Waals surface area contributed by atoms with Crippen molar-refractivity contribution in [1.29, 1.82) is 0 Å². The van der Waals surface area contributed by atoms with Crippen molar-refractivity contribution in [3.63, 3.8) is 0 Å². The number of carboxylic acid groups (broad SMARTS) is 1. The third-order valence-electron chi connectivity index (χ3n) is 4.37. The maximum Gasteiger partial charge on any atom is 0.307 e. The molecule has 2 aliphatic carbocycles. The fourth-order valence-electron chi connectivity index (χ4n) is 3.39. The Balaban J connectivity index is 1.73. The summed E-state index contributed by atoms with van der Waals surface area (Å²) in [7, 11) is 0. The molecule has 5 heteroatoms. The van der Waals surface area contributed by atoms with Gasteiger partial charge in [-0.2, -0.15) is 0 Å². The second-order valence-electron chi connectivity index (χ2n) is 6.26. The highest BCUT2D eigenvalue weighted by Crippen LogP contribution is 2.48. The second kappa shape index (κ2) is 7.07. The smallest absolute Gasteiger partial charge is 0.307 e. The molecule has 4 unspecified atom stereocenters. The fourth-order valence-corrected chi connectivity index (χ4v) is 3.39. The minimum absolute atomic E-state index is 0.0303. The SMILES string of the molecule is CC(C)OCCCCNC(=O)C1C2C=CC(C2)C1C(=O)O.